The van der Waals surface area contributed by atoms with Crippen molar-refractivity contribution in [1.82, 2.24) is 9.55 Å². The maximum Gasteiger partial charge on any atom is 0.285 e. The summed E-state index contributed by atoms with van der Waals surface area (Å²) in [6, 6.07) is 5.97. The zero-order valence-corrected chi connectivity index (χ0v) is 10.2. The van der Waals surface area contributed by atoms with Crippen molar-refractivity contribution in [3.63, 3.8) is 0 Å². The van der Waals surface area contributed by atoms with Crippen molar-refractivity contribution in [1.29, 1.82) is 0 Å². The molecule has 0 aromatic carbocycles. The van der Waals surface area contributed by atoms with Gasteiger partial charge in [-0.2, -0.15) is 0 Å². The van der Waals surface area contributed by atoms with E-state index in [0.29, 0.717) is 0 Å². The molecule has 0 spiro atoms. The van der Waals surface area contributed by atoms with Gasteiger partial charge in [0.2, 0.25) is 0 Å². The van der Waals surface area contributed by atoms with Crippen LogP contribution >= 0.6 is 0 Å². The molecule has 0 radical (unpaired) electrons. The van der Waals surface area contributed by atoms with Gasteiger partial charge in [-0.25, -0.2) is 4.98 Å². The van der Waals surface area contributed by atoms with Crippen LogP contribution in [-0.4, -0.2) is 21.5 Å². The van der Waals surface area contributed by atoms with E-state index < -0.39 is 4.92 Å². The fourth-order valence-corrected chi connectivity index (χ4v) is 1.61. The predicted molar refractivity (Wildman–Crippen MR) is 70.2 cm³/mol. The molecule has 0 aliphatic carbocycles. The Morgan fingerprint density at radius 3 is 2.74 bits per heavy atom. The van der Waals surface area contributed by atoms with E-state index in [0.717, 1.165) is 11.4 Å². The predicted octanol–water partition coefficient (Wildman–Crippen LogP) is 1.24. The van der Waals surface area contributed by atoms with Gasteiger partial charge in [-0.3, -0.25) is 14.9 Å². The molecule has 0 fully saturated rings. The highest BCUT2D eigenvalue weighted by Crippen LogP contribution is 2.09. The molecule has 7 heteroatoms. The van der Waals surface area contributed by atoms with E-state index in [1.807, 2.05) is 6.07 Å². The molecular formula is C12H12N4O3. The minimum absolute atomic E-state index is 0.112. The van der Waals surface area contributed by atoms with Gasteiger partial charge in [0.1, 0.15) is 5.82 Å². The Morgan fingerprint density at radius 1 is 1.37 bits per heavy atom. The highest BCUT2D eigenvalue weighted by molar-refractivity contribution is 5.34. The van der Waals surface area contributed by atoms with Crippen molar-refractivity contribution < 1.29 is 4.92 Å². The van der Waals surface area contributed by atoms with Crippen LogP contribution in [0, 0.1) is 10.1 Å². The number of nitro groups is 1. The van der Waals surface area contributed by atoms with E-state index in [4.69, 9.17) is 0 Å². The van der Waals surface area contributed by atoms with Crippen molar-refractivity contribution in [2.24, 2.45) is 0 Å². The van der Waals surface area contributed by atoms with Crippen LogP contribution in [0.4, 0.5) is 11.5 Å². The first-order valence-electron chi connectivity index (χ1n) is 5.57. The summed E-state index contributed by atoms with van der Waals surface area (Å²) in [7, 11) is 1.76. The molecule has 0 saturated heterocycles. The molecule has 0 aliphatic rings. The third kappa shape index (κ3) is 2.95. The van der Waals surface area contributed by atoms with Gasteiger partial charge in [-0.15, -0.1) is 0 Å². The molecule has 98 valence electrons. The number of rotatable bonds is 4. The Labute approximate surface area is 108 Å². The average molecular weight is 260 g/mol. The first kappa shape index (κ1) is 12.7. The largest absolute Gasteiger partial charge is 0.373 e. The van der Waals surface area contributed by atoms with Gasteiger partial charge >= 0.3 is 0 Å². The second-order valence-corrected chi connectivity index (χ2v) is 3.91. The fourth-order valence-electron chi connectivity index (χ4n) is 1.61. The number of nitrogens with one attached hydrogen (secondary N) is 1. The van der Waals surface area contributed by atoms with Gasteiger partial charge in [-0.05, 0) is 11.6 Å². The van der Waals surface area contributed by atoms with Crippen LogP contribution in [0.2, 0.25) is 0 Å². The van der Waals surface area contributed by atoms with E-state index in [1.165, 1.54) is 22.9 Å². The summed E-state index contributed by atoms with van der Waals surface area (Å²) >= 11 is 0. The third-order valence-electron chi connectivity index (χ3n) is 2.61. The molecule has 0 bridgehead atoms. The highest BCUT2D eigenvalue weighted by atomic mass is 16.6. The van der Waals surface area contributed by atoms with Crippen LogP contribution in [0.5, 0.6) is 0 Å². The van der Waals surface area contributed by atoms with Crippen LogP contribution < -0.4 is 10.9 Å². The van der Waals surface area contributed by atoms with Crippen molar-refractivity contribution >= 4 is 11.5 Å². The fraction of sp³-hybridized carbons (Fsp3) is 0.167. The van der Waals surface area contributed by atoms with Gasteiger partial charge in [0, 0.05) is 25.4 Å². The standard InChI is InChI=1S/C12H12N4O3/c1-13-11-4-2-9(6-14-11)7-15-8-10(16(18)19)3-5-12(15)17/h2-6,8H,7H2,1H3,(H,13,14). The lowest BCUT2D eigenvalue weighted by molar-refractivity contribution is -0.385. The number of hydrogen-bond acceptors (Lipinski definition) is 5. The van der Waals surface area contributed by atoms with Crippen molar-refractivity contribution in [2.45, 2.75) is 6.54 Å². The lowest BCUT2D eigenvalue weighted by Gasteiger charge is -2.06. The summed E-state index contributed by atoms with van der Waals surface area (Å²) in [5.74, 6) is 0.718. The van der Waals surface area contributed by atoms with Crippen LogP contribution in [0.25, 0.3) is 0 Å². The lowest BCUT2D eigenvalue weighted by atomic mass is 10.2. The van der Waals surface area contributed by atoms with Gasteiger partial charge in [0.05, 0.1) is 17.7 Å². The molecular weight excluding hydrogens is 248 g/mol. The minimum Gasteiger partial charge on any atom is -0.373 e. The Hall–Kier alpha value is -2.70. The van der Waals surface area contributed by atoms with E-state index in [2.05, 4.69) is 10.3 Å². The number of hydrogen-bond donors (Lipinski definition) is 1. The topological polar surface area (TPSA) is 90.1 Å². The quantitative estimate of drug-likeness (QED) is 0.659. The van der Waals surface area contributed by atoms with Crippen molar-refractivity contribution in [3.05, 3.63) is 62.7 Å². The summed E-state index contributed by atoms with van der Waals surface area (Å²) < 4.78 is 1.29. The molecule has 19 heavy (non-hydrogen) atoms. The van der Waals surface area contributed by atoms with Crippen LogP contribution in [0.1, 0.15) is 5.56 Å². The second-order valence-electron chi connectivity index (χ2n) is 3.91. The Morgan fingerprint density at radius 2 is 2.16 bits per heavy atom. The number of anilines is 1. The maximum atomic E-state index is 11.6. The number of pyridine rings is 2. The molecule has 2 aromatic rings. The van der Waals surface area contributed by atoms with E-state index in [-0.39, 0.29) is 17.8 Å². The van der Waals surface area contributed by atoms with Crippen molar-refractivity contribution in [3.8, 4) is 0 Å². The molecule has 0 amide bonds. The molecule has 0 unspecified atom stereocenters. The Kier molecular flexibility index (Phi) is 3.56. The molecule has 0 atom stereocenters. The van der Waals surface area contributed by atoms with E-state index >= 15 is 0 Å². The summed E-state index contributed by atoms with van der Waals surface area (Å²) in [5.41, 5.74) is 0.393. The summed E-state index contributed by atoms with van der Waals surface area (Å²) in [6.07, 6.45) is 2.85. The molecule has 2 aromatic heterocycles. The van der Waals surface area contributed by atoms with Gasteiger partial charge in [0.15, 0.2) is 0 Å². The zero-order chi connectivity index (χ0) is 13.8. The van der Waals surface area contributed by atoms with Gasteiger partial charge in [-0.1, -0.05) is 6.07 Å². The average Bonchev–Trinajstić information content (AvgIpc) is 2.42. The summed E-state index contributed by atoms with van der Waals surface area (Å²) in [6.45, 7) is 0.248. The smallest absolute Gasteiger partial charge is 0.285 e. The normalized spacial score (nSPS) is 10.2. The lowest BCUT2D eigenvalue weighted by Crippen LogP contribution is -2.19. The Bertz CT molecular complexity index is 649. The molecule has 2 rings (SSSR count). The third-order valence-corrected chi connectivity index (χ3v) is 2.61. The number of nitrogens with zero attached hydrogens (tertiary/aromatic N) is 3. The monoisotopic (exact) mass is 260 g/mol. The zero-order valence-electron chi connectivity index (χ0n) is 10.2. The molecule has 0 aliphatic heterocycles. The first-order chi connectivity index (χ1) is 9.10. The minimum atomic E-state index is -0.529. The first-order valence-corrected chi connectivity index (χ1v) is 5.57. The maximum absolute atomic E-state index is 11.6. The highest BCUT2D eigenvalue weighted by Gasteiger charge is 2.08. The summed E-state index contributed by atoms with van der Waals surface area (Å²) in [5, 5.41) is 13.6. The molecule has 7 nitrogen and oxygen atoms in total. The number of aromatic nitrogens is 2. The molecule has 1 N–H and O–H groups in total. The molecule has 2 heterocycles. The van der Waals surface area contributed by atoms with Gasteiger partial charge < -0.3 is 9.88 Å². The van der Waals surface area contributed by atoms with Crippen molar-refractivity contribution in [2.75, 3.05) is 12.4 Å². The SMILES string of the molecule is CNc1ccc(Cn2cc([N+](=O)[O-])ccc2=O)cn1. The Balaban J connectivity index is 2.29. The van der Waals surface area contributed by atoms with E-state index in [1.54, 1.807) is 19.3 Å². The second kappa shape index (κ2) is 5.30. The van der Waals surface area contributed by atoms with Crippen LogP contribution in [0.15, 0.2) is 41.5 Å². The van der Waals surface area contributed by atoms with Crippen LogP contribution in [0.3, 0.4) is 0 Å². The molecule has 0 saturated carbocycles. The van der Waals surface area contributed by atoms with Gasteiger partial charge in [0.25, 0.3) is 11.2 Å². The van der Waals surface area contributed by atoms with Crippen LogP contribution in [-0.2, 0) is 6.54 Å². The summed E-state index contributed by atoms with van der Waals surface area (Å²) in [4.78, 5) is 25.9. The van der Waals surface area contributed by atoms with E-state index in [9.17, 15) is 14.9 Å².